The summed E-state index contributed by atoms with van der Waals surface area (Å²) in [5.41, 5.74) is 0.984. The van der Waals surface area contributed by atoms with Gasteiger partial charge in [-0.2, -0.15) is 0 Å². The topological polar surface area (TPSA) is 75.3 Å². The van der Waals surface area contributed by atoms with E-state index in [0.717, 1.165) is 25.1 Å². The van der Waals surface area contributed by atoms with Crippen molar-refractivity contribution in [3.05, 3.63) is 17.2 Å². The first-order valence-electron chi connectivity index (χ1n) is 5.58. The van der Waals surface area contributed by atoms with Crippen LogP contribution in [0.4, 0.5) is 0 Å². The van der Waals surface area contributed by atoms with Gasteiger partial charge in [-0.15, -0.1) is 0 Å². The number of aliphatic hydroxyl groups excluding tert-OH is 1. The lowest BCUT2D eigenvalue weighted by atomic mass is 9.96. The molecular formula is C11H16N2O3. The van der Waals surface area contributed by atoms with Crippen LogP contribution in [-0.4, -0.2) is 32.3 Å². The highest BCUT2D eigenvalue weighted by Gasteiger charge is 2.27. The highest BCUT2D eigenvalue weighted by Crippen LogP contribution is 2.30. The second-order valence-electron chi connectivity index (χ2n) is 4.24. The van der Waals surface area contributed by atoms with Crippen molar-refractivity contribution in [2.45, 2.75) is 38.6 Å². The molecule has 0 spiro atoms. The van der Waals surface area contributed by atoms with Gasteiger partial charge in [0.2, 0.25) is 0 Å². The number of rotatable bonds is 3. The van der Waals surface area contributed by atoms with Crippen LogP contribution in [0.1, 0.15) is 47.7 Å². The van der Waals surface area contributed by atoms with E-state index >= 15 is 0 Å². The maximum Gasteiger partial charge on any atom is 0.356 e. The summed E-state index contributed by atoms with van der Waals surface area (Å²) < 4.78 is 1.97. The number of aromatic carboxylic acids is 1. The second-order valence-corrected chi connectivity index (χ2v) is 4.24. The molecule has 5 nitrogen and oxygen atoms in total. The number of aliphatic hydroxyl groups is 1. The Hall–Kier alpha value is -1.36. The van der Waals surface area contributed by atoms with Crippen molar-refractivity contribution >= 4 is 5.97 Å². The van der Waals surface area contributed by atoms with Crippen molar-refractivity contribution in [2.75, 3.05) is 6.61 Å². The molecule has 1 unspecified atom stereocenters. The number of hydrogen-bond donors (Lipinski definition) is 2. The van der Waals surface area contributed by atoms with E-state index in [1.807, 2.05) is 11.5 Å². The summed E-state index contributed by atoms with van der Waals surface area (Å²) in [6, 6.07) is 0. The lowest BCUT2D eigenvalue weighted by molar-refractivity contribution is 0.0688. The van der Waals surface area contributed by atoms with Crippen LogP contribution in [0.3, 0.4) is 0 Å². The number of carboxylic acid groups (broad SMARTS) is 1. The van der Waals surface area contributed by atoms with Gasteiger partial charge < -0.3 is 14.8 Å². The second kappa shape index (κ2) is 4.25. The first kappa shape index (κ1) is 11.1. The summed E-state index contributed by atoms with van der Waals surface area (Å²) in [6.07, 6.45) is 2.47. The summed E-state index contributed by atoms with van der Waals surface area (Å²) in [6.45, 7) is 2.85. The summed E-state index contributed by atoms with van der Waals surface area (Å²) in [5, 5.41) is 18.0. The van der Waals surface area contributed by atoms with Crippen LogP contribution in [-0.2, 0) is 13.0 Å². The van der Waals surface area contributed by atoms with Gasteiger partial charge in [0.05, 0.1) is 12.3 Å². The summed E-state index contributed by atoms with van der Waals surface area (Å²) in [4.78, 5) is 15.2. The molecule has 16 heavy (non-hydrogen) atoms. The fourth-order valence-electron chi connectivity index (χ4n) is 2.40. The SMILES string of the molecule is CC1CCCn2c(CCO)nc(C(=O)O)c21. The third-order valence-corrected chi connectivity index (χ3v) is 3.11. The zero-order valence-electron chi connectivity index (χ0n) is 9.31. The van der Waals surface area contributed by atoms with E-state index < -0.39 is 5.97 Å². The van der Waals surface area contributed by atoms with Crippen LogP contribution >= 0.6 is 0 Å². The molecule has 0 aliphatic carbocycles. The molecule has 0 saturated heterocycles. The number of fused-ring (bicyclic) bond motifs is 1. The number of hydrogen-bond acceptors (Lipinski definition) is 3. The maximum atomic E-state index is 11.1. The van der Waals surface area contributed by atoms with Gasteiger partial charge in [-0.3, -0.25) is 0 Å². The van der Waals surface area contributed by atoms with Crippen LogP contribution in [0.5, 0.6) is 0 Å². The summed E-state index contributed by atoms with van der Waals surface area (Å²) in [5.74, 6) is -0.0390. The summed E-state index contributed by atoms with van der Waals surface area (Å²) in [7, 11) is 0. The predicted octanol–water partition coefficient (Wildman–Crippen LogP) is 1.01. The molecule has 1 aliphatic heterocycles. The van der Waals surface area contributed by atoms with Crippen LogP contribution < -0.4 is 0 Å². The molecule has 0 radical (unpaired) electrons. The molecule has 2 heterocycles. The smallest absolute Gasteiger partial charge is 0.356 e. The molecule has 0 bridgehead atoms. The van der Waals surface area contributed by atoms with Gasteiger partial charge in [0.1, 0.15) is 5.82 Å². The van der Waals surface area contributed by atoms with Crippen molar-refractivity contribution in [1.82, 2.24) is 9.55 Å². The fourth-order valence-corrected chi connectivity index (χ4v) is 2.40. The molecule has 1 aliphatic rings. The minimum Gasteiger partial charge on any atom is -0.476 e. The third-order valence-electron chi connectivity index (χ3n) is 3.11. The minimum atomic E-state index is -0.971. The Kier molecular flexibility index (Phi) is 2.96. The molecule has 2 N–H and O–H groups in total. The van der Waals surface area contributed by atoms with Crippen molar-refractivity contribution in [2.24, 2.45) is 0 Å². The molecule has 1 aromatic heterocycles. The lowest BCUT2D eigenvalue weighted by Crippen LogP contribution is -2.17. The van der Waals surface area contributed by atoms with Gasteiger partial charge in [0.15, 0.2) is 5.69 Å². The quantitative estimate of drug-likeness (QED) is 0.803. The lowest BCUT2D eigenvalue weighted by Gasteiger charge is -2.22. The molecule has 0 saturated carbocycles. The number of carboxylic acids is 1. The molecule has 0 fully saturated rings. The molecule has 1 atom stereocenters. The Morgan fingerprint density at radius 2 is 2.38 bits per heavy atom. The van der Waals surface area contributed by atoms with Crippen molar-refractivity contribution < 1.29 is 15.0 Å². The number of imidazole rings is 1. The first-order valence-corrected chi connectivity index (χ1v) is 5.58. The zero-order valence-corrected chi connectivity index (χ0v) is 9.31. The average Bonchev–Trinajstić information content (AvgIpc) is 2.60. The molecular weight excluding hydrogens is 208 g/mol. The zero-order chi connectivity index (χ0) is 11.7. The van der Waals surface area contributed by atoms with E-state index in [4.69, 9.17) is 10.2 Å². The van der Waals surface area contributed by atoms with Gasteiger partial charge in [0, 0.05) is 13.0 Å². The fraction of sp³-hybridized carbons (Fsp3) is 0.636. The Morgan fingerprint density at radius 3 is 3.00 bits per heavy atom. The predicted molar refractivity (Wildman–Crippen MR) is 57.6 cm³/mol. The highest BCUT2D eigenvalue weighted by molar-refractivity contribution is 5.87. The van der Waals surface area contributed by atoms with E-state index in [-0.39, 0.29) is 18.2 Å². The maximum absolute atomic E-state index is 11.1. The monoisotopic (exact) mass is 224 g/mol. The van der Waals surface area contributed by atoms with E-state index in [2.05, 4.69) is 4.98 Å². The molecule has 2 rings (SSSR count). The summed E-state index contributed by atoms with van der Waals surface area (Å²) >= 11 is 0. The van der Waals surface area contributed by atoms with Crippen LogP contribution in [0, 0.1) is 0 Å². The number of aromatic nitrogens is 2. The molecule has 1 aromatic rings. The third kappa shape index (κ3) is 1.71. The normalized spacial score (nSPS) is 19.5. The minimum absolute atomic E-state index is 0.00386. The molecule has 5 heteroatoms. The number of carbonyl (C=O) groups is 1. The Bertz CT molecular complexity index is 412. The Balaban J connectivity index is 2.51. The van der Waals surface area contributed by atoms with Crippen molar-refractivity contribution in [3.63, 3.8) is 0 Å². The van der Waals surface area contributed by atoms with Gasteiger partial charge in [-0.25, -0.2) is 9.78 Å². The molecule has 0 amide bonds. The van der Waals surface area contributed by atoms with Crippen LogP contribution in [0.25, 0.3) is 0 Å². The Labute approximate surface area is 93.7 Å². The van der Waals surface area contributed by atoms with Crippen LogP contribution in [0.2, 0.25) is 0 Å². The molecule has 0 aromatic carbocycles. The first-order chi connectivity index (χ1) is 7.65. The van der Waals surface area contributed by atoms with E-state index in [0.29, 0.717) is 12.2 Å². The van der Waals surface area contributed by atoms with E-state index in [9.17, 15) is 4.79 Å². The van der Waals surface area contributed by atoms with E-state index in [1.54, 1.807) is 0 Å². The van der Waals surface area contributed by atoms with Gasteiger partial charge in [-0.05, 0) is 18.8 Å². The largest absolute Gasteiger partial charge is 0.476 e. The van der Waals surface area contributed by atoms with Crippen LogP contribution in [0.15, 0.2) is 0 Å². The molecule has 88 valence electrons. The number of nitrogens with zero attached hydrogens (tertiary/aromatic N) is 2. The van der Waals surface area contributed by atoms with Crippen molar-refractivity contribution in [3.8, 4) is 0 Å². The van der Waals surface area contributed by atoms with Gasteiger partial charge in [0.25, 0.3) is 0 Å². The van der Waals surface area contributed by atoms with E-state index in [1.165, 1.54) is 0 Å². The van der Waals surface area contributed by atoms with Gasteiger partial charge in [-0.1, -0.05) is 6.92 Å². The van der Waals surface area contributed by atoms with Gasteiger partial charge >= 0.3 is 5.97 Å². The highest BCUT2D eigenvalue weighted by atomic mass is 16.4. The Morgan fingerprint density at radius 1 is 1.62 bits per heavy atom. The van der Waals surface area contributed by atoms with Crippen molar-refractivity contribution in [1.29, 1.82) is 0 Å². The standard InChI is InChI=1S/C11H16N2O3/c1-7-3-2-5-13-8(4-6-14)12-9(10(7)13)11(15)16/h7,14H,2-6H2,1H3,(H,15,16). The average molecular weight is 224 g/mol.